The van der Waals surface area contributed by atoms with Gasteiger partial charge in [-0.3, -0.25) is 4.79 Å². The molecule has 0 fully saturated rings. The van der Waals surface area contributed by atoms with Crippen molar-refractivity contribution in [3.63, 3.8) is 0 Å². The van der Waals surface area contributed by atoms with Gasteiger partial charge in [-0.1, -0.05) is 36.8 Å². The molecule has 1 aromatic rings. The maximum absolute atomic E-state index is 10.7. The van der Waals surface area contributed by atoms with Gasteiger partial charge in [0.05, 0.1) is 6.42 Å². The Bertz CT molecular complexity index is 380. The third-order valence-corrected chi connectivity index (χ3v) is 2.49. The number of carboxylic acids is 1. The number of aryl methyl sites for hydroxylation is 1. The van der Waals surface area contributed by atoms with Crippen LogP contribution >= 0.6 is 0 Å². The summed E-state index contributed by atoms with van der Waals surface area (Å²) in [7, 11) is 0. The van der Waals surface area contributed by atoms with Crippen molar-refractivity contribution in [3.05, 3.63) is 47.5 Å². The predicted octanol–water partition coefficient (Wildman–Crippen LogP) is 2.91. The summed E-state index contributed by atoms with van der Waals surface area (Å²) >= 11 is 0. The summed E-state index contributed by atoms with van der Waals surface area (Å²) in [4.78, 5) is 10.7. The van der Waals surface area contributed by atoms with E-state index in [1.807, 2.05) is 38.1 Å². The van der Waals surface area contributed by atoms with Crippen LogP contribution in [-0.4, -0.2) is 11.1 Å². The Labute approximate surface area is 90.3 Å². The molecule has 0 spiro atoms. The molecule has 0 aliphatic carbocycles. The second-order valence-electron chi connectivity index (χ2n) is 3.80. The van der Waals surface area contributed by atoms with E-state index in [1.165, 1.54) is 0 Å². The molecule has 1 aromatic carbocycles. The monoisotopic (exact) mass is 204 g/mol. The molecule has 0 radical (unpaired) electrons. The SMILES string of the molecule is C=CC(C)c1cc(C)ccc1CC(=O)O. The lowest BCUT2D eigenvalue weighted by Crippen LogP contribution is -2.05. The highest BCUT2D eigenvalue weighted by Gasteiger charge is 2.10. The van der Waals surface area contributed by atoms with Crippen LogP contribution in [0.2, 0.25) is 0 Å². The van der Waals surface area contributed by atoms with E-state index in [9.17, 15) is 4.79 Å². The molecule has 1 atom stereocenters. The molecular formula is C13H16O2. The van der Waals surface area contributed by atoms with Crippen LogP contribution in [0.4, 0.5) is 0 Å². The average Bonchev–Trinajstić information content (AvgIpc) is 2.19. The van der Waals surface area contributed by atoms with Crippen molar-refractivity contribution in [1.82, 2.24) is 0 Å². The second-order valence-corrected chi connectivity index (χ2v) is 3.80. The largest absolute Gasteiger partial charge is 0.481 e. The topological polar surface area (TPSA) is 37.3 Å². The lowest BCUT2D eigenvalue weighted by molar-refractivity contribution is -0.136. The Hall–Kier alpha value is -1.57. The van der Waals surface area contributed by atoms with Crippen molar-refractivity contribution in [1.29, 1.82) is 0 Å². The van der Waals surface area contributed by atoms with E-state index >= 15 is 0 Å². The maximum atomic E-state index is 10.7. The summed E-state index contributed by atoms with van der Waals surface area (Å²) in [5.41, 5.74) is 3.08. The molecule has 80 valence electrons. The second kappa shape index (κ2) is 4.78. The van der Waals surface area contributed by atoms with Crippen LogP contribution in [0.5, 0.6) is 0 Å². The van der Waals surface area contributed by atoms with Crippen LogP contribution in [-0.2, 0) is 11.2 Å². The van der Waals surface area contributed by atoms with Crippen LogP contribution in [0.1, 0.15) is 29.5 Å². The Morgan fingerprint density at radius 3 is 2.80 bits per heavy atom. The molecule has 2 nitrogen and oxygen atoms in total. The Morgan fingerprint density at radius 2 is 2.27 bits per heavy atom. The van der Waals surface area contributed by atoms with Gasteiger partial charge in [-0.2, -0.15) is 0 Å². The quantitative estimate of drug-likeness (QED) is 0.766. The number of carboxylic acid groups (broad SMARTS) is 1. The molecule has 0 heterocycles. The van der Waals surface area contributed by atoms with Gasteiger partial charge in [-0.05, 0) is 24.0 Å². The van der Waals surface area contributed by atoms with Gasteiger partial charge in [0.2, 0.25) is 0 Å². The summed E-state index contributed by atoms with van der Waals surface area (Å²) in [5, 5.41) is 8.79. The van der Waals surface area contributed by atoms with Gasteiger partial charge in [-0.25, -0.2) is 0 Å². The van der Waals surface area contributed by atoms with Crippen LogP contribution in [0.25, 0.3) is 0 Å². The number of rotatable bonds is 4. The van der Waals surface area contributed by atoms with E-state index in [4.69, 9.17) is 5.11 Å². The van der Waals surface area contributed by atoms with E-state index in [0.717, 1.165) is 16.7 Å². The Balaban J connectivity index is 3.13. The molecule has 0 aliphatic heterocycles. The van der Waals surface area contributed by atoms with E-state index in [0.29, 0.717) is 0 Å². The molecule has 0 saturated heterocycles. The van der Waals surface area contributed by atoms with Gasteiger partial charge in [0, 0.05) is 0 Å². The predicted molar refractivity (Wildman–Crippen MR) is 61.1 cm³/mol. The zero-order chi connectivity index (χ0) is 11.4. The normalized spacial score (nSPS) is 12.1. The number of carbonyl (C=O) groups is 1. The molecule has 1 rings (SSSR count). The van der Waals surface area contributed by atoms with Crippen LogP contribution < -0.4 is 0 Å². The first-order valence-corrected chi connectivity index (χ1v) is 4.98. The zero-order valence-electron chi connectivity index (χ0n) is 9.16. The molecule has 2 heteroatoms. The minimum Gasteiger partial charge on any atom is -0.481 e. The number of hydrogen-bond acceptors (Lipinski definition) is 1. The van der Waals surface area contributed by atoms with E-state index in [2.05, 4.69) is 6.58 Å². The van der Waals surface area contributed by atoms with Crippen molar-refractivity contribution < 1.29 is 9.90 Å². The maximum Gasteiger partial charge on any atom is 0.307 e. The highest BCUT2D eigenvalue weighted by atomic mass is 16.4. The average molecular weight is 204 g/mol. The zero-order valence-corrected chi connectivity index (χ0v) is 9.16. The van der Waals surface area contributed by atoms with Gasteiger partial charge in [-0.15, -0.1) is 6.58 Å². The van der Waals surface area contributed by atoms with Gasteiger partial charge < -0.3 is 5.11 Å². The van der Waals surface area contributed by atoms with Gasteiger partial charge in [0.25, 0.3) is 0 Å². The van der Waals surface area contributed by atoms with Crippen LogP contribution in [0, 0.1) is 6.92 Å². The van der Waals surface area contributed by atoms with Crippen molar-refractivity contribution in [2.24, 2.45) is 0 Å². The molecule has 15 heavy (non-hydrogen) atoms. The minimum atomic E-state index is -0.795. The molecular weight excluding hydrogens is 188 g/mol. The van der Waals surface area contributed by atoms with E-state index < -0.39 is 5.97 Å². The Kier molecular flexibility index (Phi) is 3.67. The summed E-state index contributed by atoms with van der Waals surface area (Å²) in [6.45, 7) is 7.76. The first-order chi connectivity index (χ1) is 7.04. The summed E-state index contributed by atoms with van der Waals surface area (Å²) in [5.74, 6) is -0.601. The van der Waals surface area contributed by atoms with E-state index in [1.54, 1.807) is 0 Å². The fourth-order valence-corrected chi connectivity index (χ4v) is 1.59. The first-order valence-electron chi connectivity index (χ1n) is 4.98. The number of aliphatic carboxylic acids is 1. The smallest absolute Gasteiger partial charge is 0.307 e. The highest BCUT2D eigenvalue weighted by molar-refractivity contribution is 5.71. The number of hydrogen-bond donors (Lipinski definition) is 1. The first kappa shape index (κ1) is 11.5. The Morgan fingerprint density at radius 1 is 1.60 bits per heavy atom. The van der Waals surface area contributed by atoms with Crippen LogP contribution in [0.15, 0.2) is 30.9 Å². The lowest BCUT2D eigenvalue weighted by atomic mass is 9.92. The standard InChI is InChI=1S/C13H16O2/c1-4-10(3)12-7-9(2)5-6-11(12)8-13(14)15/h4-7,10H,1,8H2,2-3H3,(H,14,15). The number of benzene rings is 1. The van der Waals surface area contributed by atoms with Crippen molar-refractivity contribution in [3.8, 4) is 0 Å². The molecule has 1 unspecified atom stereocenters. The van der Waals surface area contributed by atoms with Gasteiger partial charge in [0.1, 0.15) is 0 Å². The molecule has 0 amide bonds. The third-order valence-electron chi connectivity index (χ3n) is 2.49. The molecule has 1 N–H and O–H groups in total. The summed E-state index contributed by atoms with van der Waals surface area (Å²) in [6, 6.07) is 5.86. The summed E-state index contributed by atoms with van der Waals surface area (Å²) in [6.07, 6.45) is 1.91. The van der Waals surface area contributed by atoms with Crippen molar-refractivity contribution >= 4 is 5.97 Å². The third kappa shape index (κ3) is 2.94. The molecule has 0 saturated carbocycles. The lowest BCUT2D eigenvalue weighted by Gasteiger charge is -2.12. The highest BCUT2D eigenvalue weighted by Crippen LogP contribution is 2.22. The fourth-order valence-electron chi connectivity index (χ4n) is 1.59. The molecule has 0 aromatic heterocycles. The summed E-state index contributed by atoms with van der Waals surface area (Å²) < 4.78 is 0. The van der Waals surface area contributed by atoms with E-state index in [-0.39, 0.29) is 12.3 Å². The van der Waals surface area contributed by atoms with Gasteiger partial charge >= 0.3 is 5.97 Å². The fraction of sp³-hybridized carbons (Fsp3) is 0.308. The molecule has 0 aliphatic rings. The molecule has 0 bridgehead atoms. The number of allylic oxidation sites excluding steroid dienone is 1. The van der Waals surface area contributed by atoms with Crippen molar-refractivity contribution in [2.75, 3.05) is 0 Å². The minimum absolute atomic E-state index is 0.0772. The van der Waals surface area contributed by atoms with Gasteiger partial charge in [0.15, 0.2) is 0 Å². The van der Waals surface area contributed by atoms with Crippen LogP contribution in [0.3, 0.4) is 0 Å². The van der Waals surface area contributed by atoms with Crippen molar-refractivity contribution in [2.45, 2.75) is 26.2 Å².